The van der Waals surface area contributed by atoms with Crippen molar-refractivity contribution in [2.75, 3.05) is 6.54 Å². The second kappa shape index (κ2) is 6.63. The third kappa shape index (κ3) is 4.87. The first-order chi connectivity index (χ1) is 8.25. The summed E-state index contributed by atoms with van der Waals surface area (Å²) in [6, 6.07) is 6.61. The summed E-state index contributed by atoms with van der Waals surface area (Å²) in [4.78, 5) is 0. The van der Waals surface area contributed by atoms with Crippen LogP contribution in [0.5, 0.6) is 0 Å². The molecule has 0 amide bonds. The molecule has 0 heterocycles. The van der Waals surface area contributed by atoms with E-state index in [1.165, 1.54) is 44.2 Å². The van der Waals surface area contributed by atoms with Crippen molar-refractivity contribution >= 4 is 23.2 Å². The lowest BCUT2D eigenvalue weighted by molar-refractivity contribution is 0.600. The summed E-state index contributed by atoms with van der Waals surface area (Å²) in [7, 11) is 0. The molecule has 0 saturated heterocycles. The zero-order valence-electron chi connectivity index (χ0n) is 10.0. The molecule has 0 radical (unpaired) electrons. The van der Waals surface area contributed by atoms with Crippen LogP contribution in [-0.4, -0.2) is 12.6 Å². The molecule has 2 rings (SSSR count). The zero-order chi connectivity index (χ0) is 12.1. The van der Waals surface area contributed by atoms with E-state index in [9.17, 15) is 0 Å². The normalized spacial score (nSPS) is 15.2. The molecule has 0 bridgehead atoms. The fraction of sp³-hybridized carbons (Fsp3) is 0.571. The van der Waals surface area contributed by atoms with Crippen LogP contribution >= 0.6 is 23.2 Å². The van der Waals surface area contributed by atoms with Crippen LogP contribution in [0.3, 0.4) is 0 Å². The Morgan fingerprint density at radius 2 is 1.94 bits per heavy atom. The van der Waals surface area contributed by atoms with Crippen LogP contribution in [0.15, 0.2) is 18.2 Å². The maximum atomic E-state index is 6.12. The van der Waals surface area contributed by atoms with E-state index in [1.54, 1.807) is 0 Å². The van der Waals surface area contributed by atoms with E-state index in [-0.39, 0.29) is 0 Å². The predicted octanol–water partition coefficient (Wildman–Crippen LogP) is 4.46. The van der Waals surface area contributed by atoms with Gasteiger partial charge in [0, 0.05) is 16.1 Å². The first-order valence-corrected chi connectivity index (χ1v) is 7.18. The Balaban J connectivity index is 1.60. The third-order valence-corrected chi connectivity index (χ3v) is 3.74. The quantitative estimate of drug-likeness (QED) is 0.723. The minimum absolute atomic E-state index is 0.715. The highest BCUT2D eigenvalue weighted by Crippen LogP contribution is 2.22. The highest BCUT2D eigenvalue weighted by molar-refractivity contribution is 6.35. The minimum Gasteiger partial charge on any atom is -0.314 e. The number of benzene rings is 1. The Hall–Kier alpha value is -0.240. The van der Waals surface area contributed by atoms with Crippen LogP contribution in [-0.2, 0) is 6.42 Å². The highest BCUT2D eigenvalue weighted by Gasteiger charge is 2.19. The van der Waals surface area contributed by atoms with Gasteiger partial charge in [0.2, 0.25) is 0 Å². The molecule has 1 aliphatic rings. The van der Waals surface area contributed by atoms with Gasteiger partial charge < -0.3 is 5.32 Å². The van der Waals surface area contributed by atoms with Crippen molar-refractivity contribution in [2.24, 2.45) is 0 Å². The van der Waals surface area contributed by atoms with Crippen molar-refractivity contribution in [3.05, 3.63) is 33.8 Å². The molecule has 94 valence electrons. The van der Waals surface area contributed by atoms with Gasteiger partial charge >= 0.3 is 0 Å². The third-order valence-electron chi connectivity index (χ3n) is 3.15. The largest absolute Gasteiger partial charge is 0.314 e. The van der Waals surface area contributed by atoms with Crippen molar-refractivity contribution < 1.29 is 0 Å². The van der Waals surface area contributed by atoms with E-state index < -0.39 is 0 Å². The predicted molar refractivity (Wildman–Crippen MR) is 75.0 cm³/mol. The average molecular weight is 272 g/mol. The Morgan fingerprint density at radius 1 is 1.12 bits per heavy atom. The zero-order valence-corrected chi connectivity index (χ0v) is 11.5. The minimum atomic E-state index is 0.715. The lowest BCUT2D eigenvalue weighted by atomic mass is 10.1. The summed E-state index contributed by atoms with van der Waals surface area (Å²) >= 11 is 12.0. The second-order valence-corrected chi connectivity index (χ2v) is 5.62. The summed E-state index contributed by atoms with van der Waals surface area (Å²) in [5.74, 6) is 0. The van der Waals surface area contributed by atoms with Crippen molar-refractivity contribution in [3.8, 4) is 0 Å². The number of nitrogens with one attached hydrogen (secondary N) is 1. The molecule has 0 aromatic heterocycles. The molecule has 1 aromatic carbocycles. The topological polar surface area (TPSA) is 12.0 Å². The number of rotatable bonds is 7. The maximum absolute atomic E-state index is 6.12. The maximum Gasteiger partial charge on any atom is 0.0452 e. The molecule has 3 heteroatoms. The first kappa shape index (κ1) is 13.2. The van der Waals surface area contributed by atoms with E-state index in [4.69, 9.17) is 23.2 Å². The summed E-state index contributed by atoms with van der Waals surface area (Å²) in [6.07, 6.45) is 7.54. The fourth-order valence-electron chi connectivity index (χ4n) is 1.94. The molecule has 17 heavy (non-hydrogen) atoms. The molecular weight excluding hydrogens is 253 g/mol. The van der Waals surface area contributed by atoms with Gasteiger partial charge in [-0.25, -0.2) is 0 Å². The Labute approximate surface area is 114 Å². The number of hydrogen-bond acceptors (Lipinski definition) is 1. The van der Waals surface area contributed by atoms with Gasteiger partial charge in [-0.15, -0.1) is 0 Å². The molecule has 0 unspecified atom stereocenters. The average Bonchev–Trinajstić information content (AvgIpc) is 3.09. The summed E-state index contributed by atoms with van der Waals surface area (Å²) in [5, 5.41) is 5.05. The van der Waals surface area contributed by atoms with Crippen molar-refractivity contribution in [3.63, 3.8) is 0 Å². The van der Waals surface area contributed by atoms with Gasteiger partial charge in [0.05, 0.1) is 0 Å². The molecule has 1 aliphatic carbocycles. The lowest BCUT2D eigenvalue weighted by Gasteiger charge is -2.05. The van der Waals surface area contributed by atoms with Crippen LogP contribution in [0, 0.1) is 0 Å². The highest BCUT2D eigenvalue weighted by atomic mass is 35.5. The van der Waals surface area contributed by atoms with Gasteiger partial charge in [-0.1, -0.05) is 35.7 Å². The molecule has 0 atom stereocenters. The van der Waals surface area contributed by atoms with Gasteiger partial charge in [-0.05, 0) is 56.3 Å². The van der Waals surface area contributed by atoms with E-state index >= 15 is 0 Å². The standard InChI is InChI=1S/C14H19Cl2N/c15-12-6-5-11(14(16)10-12)4-2-1-3-9-17-13-7-8-13/h5-6,10,13,17H,1-4,7-9H2. The van der Waals surface area contributed by atoms with Crippen LogP contribution < -0.4 is 5.32 Å². The number of aryl methyl sites for hydroxylation is 1. The number of halogens is 2. The van der Waals surface area contributed by atoms with Gasteiger partial charge in [0.25, 0.3) is 0 Å². The Kier molecular flexibility index (Phi) is 5.15. The van der Waals surface area contributed by atoms with Gasteiger partial charge in [-0.2, -0.15) is 0 Å². The molecule has 1 nitrogen and oxygen atoms in total. The summed E-state index contributed by atoms with van der Waals surface area (Å²) < 4.78 is 0. The molecule has 1 saturated carbocycles. The summed E-state index contributed by atoms with van der Waals surface area (Å²) in [5.41, 5.74) is 1.21. The van der Waals surface area contributed by atoms with Gasteiger partial charge in [0.15, 0.2) is 0 Å². The fourth-order valence-corrected chi connectivity index (χ4v) is 2.44. The van der Waals surface area contributed by atoms with E-state index in [0.717, 1.165) is 17.5 Å². The van der Waals surface area contributed by atoms with Crippen LogP contribution in [0.4, 0.5) is 0 Å². The second-order valence-electron chi connectivity index (χ2n) is 4.77. The molecule has 1 N–H and O–H groups in total. The van der Waals surface area contributed by atoms with E-state index in [0.29, 0.717) is 5.02 Å². The van der Waals surface area contributed by atoms with Gasteiger partial charge in [-0.3, -0.25) is 0 Å². The van der Waals surface area contributed by atoms with Crippen LogP contribution in [0.2, 0.25) is 10.0 Å². The van der Waals surface area contributed by atoms with E-state index in [2.05, 4.69) is 5.32 Å². The first-order valence-electron chi connectivity index (χ1n) is 6.43. The Morgan fingerprint density at radius 3 is 2.65 bits per heavy atom. The van der Waals surface area contributed by atoms with Gasteiger partial charge in [0.1, 0.15) is 0 Å². The van der Waals surface area contributed by atoms with Crippen molar-refractivity contribution in [1.29, 1.82) is 0 Å². The van der Waals surface area contributed by atoms with Crippen molar-refractivity contribution in [1.82, 2.24) is 5.32 Å². The summed E-state index contributed by atoms with van der Waals surface area (Å²) in [6.45, 7) is 1.17. The number of hydrogen-bond donors (Lipinski definition) is 1. The molecule has 0 spiro atoms. The Bertz CT molecular complexity index is 361. The van der Waals surface area contributed by atoms with E-state index in [1.807, 2.05) is 18.2 Å². The monoisotopic (exact) mass is 271 g/mol. The SMILES string of the molecule is Clc1ccc(CCCCCNC2CC2)c(Cl)c1. The molecule has 1 aromatic rings. The number of unbranched alkanes of at least 4 members (excludes halogenated alkanes) is 2. The van der Waals surface area contributed by atoms with Crippen LogP contribution in [0.25, 0.3) is 0 Å². The lowest BCUT2D eigenvalue weighted by Crippen LogP contribution is -2.17. The molecular formula is C14H19Cl2N. The van der Waals surface area contributed by atoms with Crippen molar-refractivity contribution in [2.45, 2.75) is 44.6 Å². The molecule has 0 aliphatic heterocycles. The smallest absolute Gasteiger partial charge is 0.0452 e. The van der Waals surface area contributed by atoms with Crippen LogP contribution in [0.1, 0.15) is 37.7 Å². The molecule has 1 fully saturated rings.